The molecule has 3 rings (SSSR count). The number of halogens is 1. The lowest BCUT2D eigenvalue weighted by Crippen LogP contribution is -2.27. The molecule has 126 valence electrons. The average Bonchev–Trinajstić information content (AvgIpc) is 3.21. The summed E-state index contributed by atoms with van der Waals surface area (Å²) in [5.41, 5.74) is 0.659. The fraction of sp³-hybridized carbons (Fsp3) is 0.294. The number of nitrogens with zero attached hydrogens (tertiary/aromatic N) is 2. The molecule has 0 bridgehead atoms. The van der Waals surface area contributed by atoms with Gasteiger partial charge in [-0.1, -0.05) is 0 Å². The zero-order chi connectivity index (χ0) is 16.9. The van der Waals surface area contributed by atoms with E-state index in [4.69, 9.17) is 0 Å². The number of nitrogens with one attached hydrogen (secondary N) is 2. The molecule has 0 saturated carbocycles. The van der Waals surface area contributed by atoms with E-state index in [2.05, 4.69) is 10.6 Å². The van der Waals surface area contributed by atoms with Crippen LogP contribution in [0.4, 0.5) is 20.6 Å². The van der Waals surface area contributed by atoms with Gasteiger partial charge in [0.1, 0.15) is 5.82 Å². The maximum Gasteiger partial charge on any atom is 0.321 e. The minimum atomic E-state index is -0.517. The number of urea groups is 1. The van der Waals surface area contributed by atoms with Gasteiger partial charge < -0.3 is 15.2 Å². The molecule has 1 aromatic heterocycles. The molecule has 1 aliphatic heterocycles. The monoisotopic (exact) mass is 330 g/mol. The van der Waals surface area contributed by atoms with Gasteiger partial charge in [0.15, 0.2) is 0 Å². The Morgan fingerprint density at radius 3 is 2.79 bits per heavy atom. The molecule has 3 amide bonds. The molecule has 6 nitrogen and oxygen atoms in total. The Hall–Kier alpha value is -2.83. The summed E-state index contributed by atoms with van der Waals surface area (Å²) < 4.78 is 15.9. The van der Waals surface area contributed by atoms with Gasteiger partial charge in [0.05, 0.1) is 5.69 Å². The quantitative estimate of drug-likeness (QED) is 0.855. The molecular formula is C17H19FN4O2. The molecule has 7 heteroatoms. The van der Waals surface area contributed by atoms with Crippen molar-refractivity contribution in [3.8, 4) is 0 Å². The molecule has 2 N–H and O–H groups in total. The van der Waals surface area contributed by atoms with Crippen LogP contribution in [0.3, 0.4) is 0 Å². The molecule has 1 aliphatic rings. The normalized spacial score (nSPS) is 13.9. The van der Waals surface area contributed by atoms with Crippen LogP contribution >= 0.6 is 0 Å². The van der Waals surface area contributed by atoms with Crippen molar-refractivity contribution >= 4 is 23.3 Å². The van der Waals surface area contributed by atoms with Crippen molar-refractivity contribution in [3.05, 3.63) is 48.5 Å². The molecule has 24 heavy (non-hydrogen) atoms. The smallest absolute Gasteiger partial charge is 0.321 e. The van der Waals surface area contributed by atoms with Gasteiger partial charge in [-0.3, -0.25) is 9.69 Å². The number of benzene rings is 1. The van der Waals surface area contributed by atoms with E-state index in [1.165, 1.54) is 23.1 Å². The van der Waals surface area contributed by atoms with Crippen molar-refractivity contribution < 1.29 is 14.0 Å². The fourth-order valence-corrected chi connectivity index (χ4v) is 2.65. The van der Waals surface area contributed by atoms with Gasteiger partial charge in [0.2, 0.25) is 5.91 Å². The van der Waals surface area contributed by atoms with Gasteiger partial charge in [-0.05, 0) is 36.8 Å². The van der Waals surface area contributed by atoms with Gasteiger partial charge in [-0.2, -0.15) is 0 Å². The van der Waals surface area contributed by atoms with Crippen LogP contribution in [0.15, 0.2) is 42.7 Å². The number of hydrogen-bond acceptors (Lipinski definition) is 2. The van der Waals surface area contributed by atoms with Crippen molar-refractivity contribution in [2.45, 2.75) is 19.4 Å². The Bertz CT molecular complexity index is 730. The van der Waals surface area contributed by atoms with E-state index >= 15 is 0 Å². The minimum Gasteiger partial charge on any atom is -0.354 e. The topological polar surface area (TPSA) is 66.4 Å². The molecule has 1 saturated heterocycles. The summed E-state index contributed by atoms with van der Waals surface area (Å²) in [6.45, 7) is 1.81. The summed E-state index contributed by atoms with van der Waals surface area (Å²) >= 11 is 0. The van der Waals surface area contributed by atoms with E-state index in [1.807, 2.05) is 29.1 Å². The number of hydrogen-bond donors (Lipinski definition) is 2. The van der Waals surface area contributed by atoms with Crippen LogP contribution in [0.5, 0.6) is 0 Å². The second kappa shape index (κ2) is 7.16. The lowest BCUT2D eigenvalue weighted by atomic mass is 10.2. The largest absolute Gasteiger partial charge is 0.354 e. The van der Waals surface area contributed by atoms with Crippen molar-refractivity contribution in [2.75, 3.05) is 23.3 Å². The number of rotatable bonds is 6. The third-order valence-corrected chi connectivity index (χ3v) is 3.88. The van der Waals surface area contributed by atoms with Gasteiger partial charge in [-0.25, -0.2) is 9.18 Å². The molecule has 2 heterocycles. The molecule has 1 fully saturated rings. The van der Waals surface area contributed by atoms with Crippen molar-refractivity contribution in [2.24, 2.45) is 0 Å². The van der Waals surface area contributed by atoms with E-state index in [-0.39, 0.29) is 17.6 Å². The van der Waals surface area contributed by atoms with Gasteiger partial charge in [0.25, 0.3) is 0 Å². The predicted molar refractivity (Wildman–Crippen MR) is 89.4 cm³/mol. The van der Waals surface area contributed by atoms with Gasteiger partial charge in [0, 0.05) is 44.1 Å². The lowest BCUT2D eigenvalue weighted by Gasteiger charge is -2.16. The molecule has 0 atom stereocenters. The van der Waals surface area contributed by atoms with E-state index in [1.54, 1.807) is 0 Å². The Morgan fingerprint density at radius 2 is 2.08 bits per heavy atom. The van der Waals surface area contributed by atoms with Gasteiger partial charge >= 0.3 is 6.03 Å². The van der Waals surface area contributed by atoms with Crippen LogP contribution in [0.2, 0.25) is 0 Å². The van der Waals surface area contributed by atoms with Crippen LogP contribution in [0.25, 0.3) is 0 Å². The fourth-order valence-electron chi connectivity index (χ4n) is 2.65. The standard InChI is InChI=1S/C17H19FN4O2/c18-14-6-5-13(22-11-7-19-17(22)24)12-15(14)20-16(23)4-3-10-21-8-1-2-9-21/h1-2,5-6,8-9,12H,3-4,7,10-11H2,(H,19,24)(H,20,23). The van der Waals surface area contributed by atoms with Crippen molar-refractivity contribution in [1.29, 1.82) is 0 Å². The van der Waals surface area contributed by atoms with Crippen LogP contribution < -0.4 is 15.5 Å². The Morgan fingerprint density at radius 1 is 1.29 bits per heavy atom. The molecule has 2 aromatic rings. The Labute approximate surface area is 139 Å². The highest BCUT2D eigenvalue weighted by molar-refractivity contribution is 5.96. The van der Waals surface area contributed by atoms with Crippen LogP contribution in [0, 0.1) is 5.82 Å². The SMILES string of the molecule is O=C(CCCn1cccc1)Nc1cc(N2CCNC2=O)ccc1F. The van der Waals surface area contributed by atoms with Crippen LogP contribution in [0.1, 0.15) is 12.8 Å². The lowest BCUT2D eigenvalue weighted by molar-refractivity contribution is -0.116. The van der Waals surface area contributed by atoms with Crippen molar-refractivity contribution in [3.63, 3.8) is 0 Å². The second-order valence-electron chi connectivity index (χ2n) is 5.62. The molecule has 1 aromatic carbocycles. The van der Waals surface area contributed by atoms with Crippen LogP contribution in [-0.4, -0.2) is 29.6 Å². The van der Waals surface area contributed by atoms with Crippen LogP contribution in [-0.2, 0) is 11.3 Å². The molecule has 0 aliphatic carbocycles. The highest BCUT2D eigenvalue weighted by atomic mass is 19.1. The highest BCUT2D eigenvalue weighted by Crippen LogP contribution is 2.24. The Balaban J connectivity index is 1.59. The number of aromatic nitrogens is 1. The Kier molecular flexibility index (Phi) is 4.79. The van der Waals surface area contributed by atoms with E-state index < -0.39 is 5.82 Å². The van der Waals surface area contributed by atoms with Crippen molar-refractivity contribution in [1.82, 2.24) is 9.88 Å². The first-order valence-electron chi connectivity index (χ1n) is 7.89. The van der Waals surface area contributed by atoms with E-state index in [0.717, 1.165) is 6.54 Å². The number of amides is 3. The predicted octanol–water partition coefficient (Wildman–Crippen LogP) is 2.58. The number of aryl methyl sites for hydroxylation is 1. The number of anilines is 2. The summed E-state index contributed by atoms with van der Waals surface area (Å²) in [5, 5.41) is 5.28. The summed E-state index contributed by atoms with van der Waals surface area (Å²) in [7, 11) is 0. The summed E-state index contributed by atoms with van der Waals surface area (Å²) in [6.07, 6.45) is 4.83. The molecular weight excluding hydrogens is 311 g/mol. The van der Waals surface area contributed by atoms with E-state index in [0.29, 0.717) is 31.6 Å². The zero-order valence-corrected chi connectivity index (χ0v) is 13.2. The molecule has 0 spiro atoms. The third kappa shape index (κ3) is 3.73. The van der Waals surface area contributed by atoms with E-state index in [9.17, 15) is 14.0 Å². The first-order valence-corrected chi connectivity index (χ1v) is 7.89. The third-order valence-electron chi connectivity index (χ3n) is 3.88. The molecule has 0 unspecified atom stereocenters. The second-order valence-corrected chi connectivity index (χ2v) is 5.62. The van der Waals surface area contributed by atoms with Gasteiger partial charge in [-0.15, -0.1) is 0 Å². The maximum absolute atomic E-state index is 13.9. The summed E-state index contributed by atoms with van der Waals surface area (Å²) in [6, 6.07) is 7.92. The average molecular weight is 330 g/mol. The number of carbonyl (C=O) groups excluding carboxylic acids is 2. The molecule has 0 radical (unpaired) electrons. The summed E-state index contributed by atoms with van der Waals surface area (Å²) in [5.74, 6) is -0.763. The minimum absolute atomic E-state index is 0.0955. The first-order chi connectivity index (χ1) is 11.6. The number of carbonyl (C=O) groups is 2. The zero-order valence-electron chi connectivity index (χ0n) is 13.2. The highest BCUT2D eigenvalue weighted by Gasteiger charge is 2.22. The first kappa shape index (κ1) is 16.0. The maximum atomic E-state index is 13.9. The summed E-state index contributed by atoms with van der Waals surface area (Å²) in [4.78, 5) is 25.2.